The highest BCUT2D eigenvalue weighted by atomic mass is 16.3. The molecule has 0 radical (unpaired) electrons. The molecular weight excluding hydrogens is 326 g/mol. The second kappa shape index (κ2) is 6.54. The monoisotopic (exact) mass is 351 g/mol. The molecule has 0 spiro atoms. The summed E-state index contributed by atoms with van der Waals surface area (Å²) in [5.74, 6) is -0.0505. The van der Waals surface area contributed by atoms with E-state index in [1.54, 1.807) is 12.1 Å². The van der Waals surface area contributed by atoms with Gasteiger partial charge in [0.1, 0.15) is 11.5 Å². The van der Waals surface area contributed by atoms with E-state index in [0.29, 0.717) is 23.1 Å². The van der Waals surface area contributed by atoms with E-state index >= 15 is 0 Å². The number of hydrogen-bond donors (Lipinski definition) is 4. The Morgan fingerprint density at radius 2 is 1.77 bits per heavy atom. The third-order valence-electron chi connectivity index (χ3n) is 4.69. The van der Waals surface area contributed by atoms with Crippen LogP contribution in [0.2, 0.25) is 0 Å². The highest BCUT2D eigenvalue weighted by Crippen LogP contribution is 2.47. The van der Waals surface area contributed by atoms with Crippen molar-refractivity contribution in [1.29, 1.82) is 0 Å². The van der Waals surface area contributed by atoms with Crippen LogP contribution in [-0.4, -0.2) is 20.9 Å². The van der Waals surface area contributed by atoms with Crippen LogP contribution in [0.1, 0.15) is 44.4 Å². The van der Waals surface area contributed by atoms with Crippen LogP contribution in [-0.2, 0) is 0 Å². The summed E-state index contributed by atoms with van der Waals surface area (Å²) < 4.78 is 0. The van der Waals surface area contributed by atoms with E-state index in [2.05, 4.69) is 31.8 Å². The Labute approximate surface area is 154 Å². The fourth-order valence-electron chi connectivity index (χ4n) is 3.79. The summed E-state index contributed by atoms with van der Waals surface area (Å²) in [5, 5.41) is 35.0. The number of allylic oxidation sites excluding steroid dienone is 1. The summed E-state index contributed by atoms with van der Waals surface area (Å²) in [7, 11) is 0. The summed E-state index contributed by atoms with van der Waals surface area (Å²) in [6.07, 6.45) is 3.35. The van der Waals surface area contributed by atoms with E-state index < -0.39 is 6.10 Å². The molecule has 0 saturated heterocycles. The van der Waals surface area contributed by atoms with Gasteiger partial charge in [0, 0.05) is 11.3 Å². The normalized spacial score (nSPS) is 16.2. The Morgan fingerprint density at radius 1 is 1.12 bits per heavy atom. The SMILES string of the molecule is C=CCC(O)c1c(-c2c(O)cccc2O)ccc2c1C(C)=CC(C)(C)N2. The topological polar surface area (TPSA) is 72.7 Å². The number of aliphatic hydroxyl groups is 1. The number of fused-ring (bicyclic) bond motifs is 1. The smallest absolute Gasteiger partial charge is 0.127 e. The van der Waals surface area contributed by atoms with E-state index in [9.17, 15) is 15.3 Å². The van der Waals surface area contributed by atoms with Gasteiger partial charge in [0.2, 0.25) is 0 Å². The van der Waals surface area contributed by atoms with Gasteiger partial charge in [0.15, 0.2) is 0 Å². The highest BCUT2D eigenvalue weighted by Gasteiger charge is 2.29. The molecule has 4 nitrogen and oxygen atoms in total. The molecule has 0 bridgehead atoms. The minimum atomic E-state index is -0.803. The van der Waals surface area contributed by atoms with Gasteiger partial charge < -0.3 is 20.6 Å². The molecule has 0 fully saturated rings. The van der Waals surface area contributed by atoms with E-state index in [1.807, 2.05) is 19.1 Å². The molecular formula is C22H25NO3. The van der Waals surface area contributed by atoms with Gasteiger partial charge >= 0.3 is 0 Å². The first-order valence-corrected chi connectivity index (χ1v) is 8.70. The molecule has 1 aliphatic rings. The van der Waals surface area contributed by atoms with Crippen LogP contribution < -0.4 is 5.32 Å². The van der Waals surface area contributed by atoms with Gasteiger partial charge in [-0.15, -0.1) is 6.58 Å². The molecule has 0 aromatic heterocycles. The molecule has 0 amide bonds. The van der Waals surface area contributed by atoms with Crippen molar-refractivity contribution >= 4 is 11.3 Å². The molecule has 136 valence electrons. The number of rotatable bonds is 4. The second-order valence-electron chi connectivity index (χ2n) is 7.33. The fourth-order valence-corrected chi connectivity index (χ4v) is 3.79. The lowest BCUT2D eigenvalue weighted by molar-refractivity contribution is 0.182. The van der Waals surface area contributed by atoms with E-state index in [0.717, 1.165) is 16.8 Å². The molecule has 2 aromatic rings. The Kier molecular flexibility index (Phi) is 4.55. The Morgan fingerprint density at radius 3 is 2.38 bits per heavy atom. The van der Waals surface area contributed by atoms with Gasteiger partial charge in [0.25, 0.3) is 0 Å². The zero-order valence-electron chi connectivity index (χ0n) is 15.4. The van der Waals surface area contributed by atoms with Crippen molar-refractivity contribution in [2.75, 3.05) is 5.32 Å². The van der Waals surface area contributed by atoms with Gasteiger partial charge in [-0.1, -0.05) is 24.3 Å². The minimum Gasteiger partial charge on any atom is -0.507 e. The summed E-state index contributed by atoms with van der Waals surface area (Å²) in [6.45, 7) is 9.91. The van der Waals surface area contributed by atoms with Gasteiger partial charge in [-0.25, -0.2) is 0 Å². The minimum absolute atomic E-state index is 0.0252. The predicted octanol–water partition coefficient (Wildman–Crippen LogP) is 4.98. The molecule has 1 atom stereocenters. The lowest BCUT2D eigenvalue weighted by Crippen LogP contribution is -2.32. The molecule has 0 saturated carbocycles. The number of hydrogen-bond acceptors (Lipinski definition) is 4. The number of aliphatic hydroxyl groups excluding tert-OH is 1. The van der Waals surface area contributed by atoms with E-state index in [1.165, 1.54) is 12.1 Å². The summed E-state index contributed by atoms with van der Waals surface area (Å²) in [6, 6.07) is 8.40. The van der Waals surface area contributed by atoms with Crippen LogP contribution >= 0.6 is 0 Å². The zero-order valence-corrected chi connectivity index (χ0v) is 15.4. The molecule has 4 heteroatoms. The van der Waals surface area contributed by atoms with Crippen LogP contribution in [0.25, 0.3) is 16.7 Å². The molecule has 3 rings (SSSR count). The Hall–Kier alpha value is -2.72. The van der Waals surface area contributed by atoms with Crippen molar-refractivity contribution in [3.05, 3.63) is 60.2 Å². The maximum absolute atomic E-state index is 10.9. The van der Waals surface area contributed by atoms with Gasteiger partial charge in [0.05, 0.1) is 17.2 Å². The third kappa shape index (κ3) is 3.08. The van der Waals surface area contributed by atoms with Crippen molar-refractivity contribution in [2.45, 2.75) is 38.8 Å². The lowest BCUT2D eigenvalue weighted by Gasteiger charge is -2.34. The summed E-state index contributed by atoms with van der Waals surface area (Å²) >= 11 is 0. The number of benzene rings is 2. The van der Waals surface area contributed by atoms with Crippen molar-refractivity contribution < 1.29 is 15.3 Å². The number of anilines is 1. The van der Waals surface area contributed by atoms with E-state index in [4.69, 9.17) is 0 Å². The zero-order chi connectivity index (χ0) is 19.1. The number of phenolic OH excluding ortho intramolecular Hbond substituents is 2. The first kappa shape index (κ1) is 18.1. The number of phenols is 2. The van der Waals surface area contributed by atoms with Crippen LogP contribution in [0.4, 0.5) is 5.69 Å². The fraction of sp³-hybridized carbons (Fsp3) is 0.273. The molecule has 1 heterocycles. The maximum Gasteiger partial charge on any atom is 0.127 e. The van der Waals surface area contributed by atoms with Crippen molar-refractivity contribution in [3.8, 4) is 22.6 Å². The standard InChI is InChI=1S/C22H25NO3/c1-5-7-16(24)21-14(20-17(25)8-6-9-18(20)26)10-11-15-19(21)13(2)12-22(3,4)23-15/h5-6,8-12,16,23-26H,1,7H2,2-4H3. The number of nitrogens with one attached hydrogen (secondary N) is 1. The molecule has 1 unspecified atom stereocenters. The van der Waals surface area contributed by atoms with Crippen LogP contribution in [0, 0.1) is 0 Å². The van der Waals surface area contributed by atoms with Crippen LogP contribution in [0.15, 0.2) is 49.1 Å². The van der Waals surface area contributed by atoms with Crippen LogP contribution in [0.3, 0.4) is 0 Å². The molecule has 26 heavy (non-hydrogen) atoms. The average molecular weight is 351 g/mol. The van der Waals surface area contributed by atoms with Gasteiger partial charge in [-0.3, -0.25) is 0 Å². The van der Waals surface area contributed by atoms with Crippen molar-refractivity contribution in [2.24, 2.45) is 0 Å². The maximum atomic E-state index is 10.9. The Bertz CT molecular complexity index is 876. The molecule has 0 aliphatic carbocycles. The third-order valence-corrected chi connectivity index (χ3v) is 4.69. The average Bonchev–Trinajstić information content (AvgIpc) is 2.53. The Balaban J connectivity index is 2.34. The second-order valence-corrected chi connectivity index (χ2v) is 7.33. The quantitative estimate of drug-likeness (QED) is 0.586. The summed E-state index contributed by atoms with van der Waals surface area (Å²) in [5.41, 5.74) is 4.28. The van der Waals surface area contributed by atoms with Gasteiger partial charge in [-0.05, 0) is 62.1 Å². The molecule has 4 N–H and O–H groups in total. The largest absolute Gasteiger partial charge is 0.507 e. The van der Waals surface area contributed by atoms with Gasteiger partial charge in [-0.2, -0.15) is 0 Å². The van der Waals surface area contributed by atoms with E-state index in [-0.39, 0.29) is 17.0 Å². The lowest BCUT2D eigenvalue weighted by atomic mass is 9.82. The number of aromatic hydroxyl groups is 2. The predicted molar refractivity (Wildman–Crippen MR) is 106 cm³/mol. The summed E-state index contributed by atoms with van der Waals surface area (Å²) in [4.78, 5) is 0. The molecule has 2 aromatic carbocycles. The molecule has 1 aliphatic heterocycles. The van der Waals surface area contributed by atoms with Crippen LogP contribution in [0.5, 0.6) is 11.5 Å². The van der Waals surface area contributed by atoms with Crippen molar-refractivity contribution in [1.82, 2.24) is 0 Å². The highest BCUT2D eigenvalue weighted by molar-refractivity contribution is 5.90. The first-order valence-electron chi connectivity index (χ1n) is 8.70. The van der Waals surface area contributed by atoms with Crippen molar-refractivity contribution in [3.63, 3.8) is 0 Å². The first-order chi connectivity index (χ1) is 12.2.